The molecule has 146 valence electrons. The minimum Gasteiger partial charge on any atom is -0.461 e. The van der Waals surface area contributed by atoms with Crippen LogP contribution in [0.2, 0.25) is 0 Å². The largest absolute Gasteiger partial charge is 0.461 e. The quantitative estimate of drug-likeness (QED) is 0.718. The van der Waals surface area contributed by atoms with Gasteiger partial charge in [0, 0.05) is 5.54 Å². The number of hydrogen-bond acceptors (Lipinski definition) is 8. The van der Waals surface area contributed by atoms with E-state index < -0.39 is 0 Å². The summed E-state index contributed by atoms with van der Waals surface area (Å²) in [6.45, 7) is 2.47. The number of aromatic nitrogens is 6. The van der Waals surface area contributed by atoms with Gasteiger partial charge in [-0.1, -0.05) is 5.16 Å². The lowest BCUT2D eigenvalue weighted by Gasteiger charge is -2.61. The van der Waals surface area contributed by atoms with Gasteiger partial charge in [-0.2, -0.15) is 9.78 Å². The van der Waals surface area contributed by atoms with Gasteiger partial charge in [0.05, 0.1) is 18.3 Å². The van der Waals surface area contributed by atoms with E-state index in [0.29, 0.717) is 35.9 Å². The van der Waals surface area contributed by atoms with Crippen LogP contribution in [0, 0.1) is 18.8 Å². The van der Waals surface area contributed by atoms with Gasteiger partial charge in [0.1, 0.15) is 0 Å². The van der Waals surface area contributed by atoms with Gasteiger partial charge in [0.2, 0.25) is 11.7 Å². The fourth-order valence-electron chi connectivity index (χ4n) is 6.24. The first-order valence-corrected chi connectivity index (χ1v) is 10.0. The Bertz CT molecular complexity index is 978. The highest BCUT2D eigenvalue weighted by atomic mass is 16.5. The molecule has 3 aromatic rings. The second-order valence-electron chi connectivity index (χ2n) is 8.93. The van der Waals surface area contributed by atoms with Crippen molar-refractivity contribution in [2.45, 2.75) is 63.1 Å². The van der Waals surface area contributed by atoms with Crippen LogP contribution in [-0.4, -0.2) is 35.9 Å². The SMILES string of the molecule is Cc1nnn(C23C[C@H]4C[C@@H](CC(NCc5nc(-c6ccco6)no5)(C4)C2)C3)n1. The first-order valence-electron chi connectivity index (χ1n) is 10.0. The van der Waals surface area contributed by atoms with Crippen molar-refractivity contribution >= 4 is 0 Å². The predicted molar refractivity (Wildman–Crippen MR) is 96.8 cm³/mol. The van der Waals surface area contributed by atoms with Crippen LogP contribution in [0.3, 0.4) is 0 Å². The summed E-state index contributed by atoms with van der Waals surface area (Å²) >= 11 is 0. The fourth-order valence-corrected chi connectivity index (χ4v) is 6.24. The van der Waals surface area contributed by atoms with E-state index in [1.54, 1.807) is 6.26 Å². The molecule has 9 nitrogen and oxygen atoms in total. The fraction of sp³-hybridized carbons (Fsp3) is 0.632. The Labute approximate surface area is 161 Å². The van der Waals surface area contributed by atoms with Gasteiger partial charge in [-0.3, -0.25) is 0 Å². The van der Waals surface area contributed by atoms with Crippen molar-refractivity contribution in [2.24, 2.45) is 11.8 Å². The predicted octanol–water partition coefficient (Wildman–Crippen LogP) is 2.46. The molecule has 0 unspecified atom stereocenters. The highest BCUT2D eigenvalue weighted by molar-refractivity contribution is 5.44. The van der Waals surface area contributed by atoms with Gasteiger partial charge in [0.15, 0.2) is 11.6 Å². The van der Waals surface area contributed by atoms with Crippen molar-refractivity contribution in [1.29, 1.82) is 0 Å². The van der Waals surface area contributed by atoms with Crippen molar-refractivity contribution in [1.82, 2.24) is 35.7 Å². The Morgan fingerprint density at radius 3 is 2.82 bits per heavy atom. The Kier molecular flexibility index (Phi) is 3.36. The Morgan fingerprint density at radius 2 is 2.11 bits per heavy atom. The van der Waals surface area contributed by atoms with Crippen molar-refractivity contribution < 1.29 is 8.94 Å². The molecule has 0 radical (unpaired) electrons. The summed E-state index contributed by atoms with van der Waals surface area (Å²) in [5.74, 6) is 3.87. The minimum atomic E-state index is -0.00743. The van der Waals surface area contributed by atoms with E-state index in [2.05, 4.69) is 30.9 Å². The molecular weight excluding hydrogens is 358 g/mol. The zero-order valence-corrected chi connectivity index (χ0v) is 15.8. The first-order chi connectivity index (χ1) is 13.6. The van der Waals surface area contributed by atoms with Crippen LogP contribution in [0.15, 0.2) is 27.3 Å². The lowest BCUT2D eigenvalue weighted by molar-refractivity contribution is -0.0860. The smallest absolute Gasteiger partial charge is 0.241 e. The number of aryl methyl sites for hydroxylation is 1. The second kappa shape index (κ2) is 5.73. The summed E-state index contributed by atoms with van der Waals surface area (Å²) in [5, 5.41) is 20.9. The molecule has 4 bridgehead atoms. The van der Waals surface area contributed by atoms with Crippen LogP contribution in [0.4, 0.5) is 0 Å². The molecule has 7 rings (SSSR count). The molecule has 3 heterocycles. The summed E-state index contributed by atoms with van der Waals surface area (Å²) in [4.78, 5) is 6.39. The molecule has 4 fully saturated rings. The van der Waals surface area contributed by atoms with Crippen LogP contribution in [-0.2, 0) is 12.1 Å². The number of furan rings is 1. The highest BCUT2D eigenvalue weighted by Crippen LogP contribution is 2.60. The lowest BCUT2D eigenvalue weighted by atomic mass is 9.50. The maximum atomic E-state index is 5.44. The van der Waals surface area contributed by atoms with Crippen LogP contribution in [0.1, 0.15) is 50.2 Å². The molecule has 0 spiro atoms. The van der Waals surface area contributed by atoms with Gasteiger partial charge >= 0.3 is 0 Å². The van der Waals surface area contributed by atoms with Gasteiger partial charge in [-0.25, -0.2) is 0 Å². The van der Waals surface area contributed by atoms with Gasteiger partial charge < -0.3 is 14.3 Å². The van der Waals surface area contributed by atoms with E-state index in [4.69, 9.17) is 8.94 Å². The number of tetrazole rings is 1. The van der Waals surface area contributed by atoms with Crippen molar-refractivity contribution in [3.63, 3.8) is 0 Å². The van der Waals surface area contributed by atoms with E-state index in [1.165, 1.54) is 19.3 Å². The van der Waals surface area contributed by atoms with Crippen molar-refractivity contribution in [3.8, 4) is 11.6 Å². The average molecular weight is 381 g/mol. The second-order valence-corrected chi connectivity index (χ2v) is 8.93. The van der Waals surface area contributed by atoms with E-state index in [-0.39, 0.29) is 11.1 Å². The van der Waals surface area contributed by atoms with Crippen LogP contribution in [0.5, 0.6) is 0 Å². The monoisotopic (exact) mass is 381 g/mol. The van der Waals surface area contributed by atoms with E-state index >= 15 is 0 Å². The first kappa shape index (κ1) is 16.4. The molecule has 4 saturated carbocycles. The van der Waals surface area contributed by atoms with E-state index in [9.17, 15) is 0 Å². The summed E-state index contributed by atoms with van der Waals surface area (Å²) in [6, 6.07) is 3.65. The molecule has 0 saturated heterocycles. The van der Waals surface area contributed by atoms with Crippen molar-refractivity contribution in [3.05, 3.63) is 30.1 Å². The summed E-state index contributed by atoms with van der Waals surface area (Å²) < 4.78 is 10.8. The van der Waals surface area contributed by atoms with E-state index in [0.717, 1.165) is 25.1 Å². The van der Waals surface area contributed by atoms with Gasteiger partial charge in [-0.05, 0) is 74.6 Å². The van der Waals surface area contributed by atoms with Crippen LogP contribution in [0.25, 0.3) is 11.6 Å². The number of nitrogens with zero attached hydrogens (tertiary/aromatic N) is 6. The Balaban J connectivity index is 1.24. The van der Waals surface area contributed by atoms with Crippen molar-refractivity contribution in [2.75, 3.05) is 0 Å². The molecule has 0 aromatic carbocycles. The third-order valence-corrected chi connectivity index (χ3v) is 6.79. The molecule has 9 heteroatoms. The molecule has 28 heavy (non-hydrogen) atoms. The summed E-state index contributed by atoms with van der Waals surface area (Å²) in [5.41, 5.74) is 0.0669. The van der Waals surface area contributed by atoms with Crippen LogP contribution >= 0.6 is 0 Å². The Morgan fingerprint density at radius 1 is 1.25 bits per heavy atom. The van der Waals surface area contributed by atoms with Gasteiger partial charge in [-0.15, -0.1) is 10.2 Å². The number of hydrogen-bond donors (Lipinski definition) is 1. The third kappa shape index (κ3) is 2.52. The molecule has 2 atom stereocenters. The topological polar surface area (TPSA) is 108 Å². The lowest BCUT2D eigenvalue weighted by Crippen LogP contribution is -2.65. The molecule has 4 aliphatic rings. The number of rotatable bonds is 5. The standard InChI is InChI=1S/C19H23N7O2/c1-12-22-25-26(23-12)19-8-13-5-14(9-19)7-18(6-13,11-19)20-10-16-21-17(24-28-16)15-3-2-4-27-15/h2-4,13-14,20H,5-11H2,1H3/t13-,14-,18?,19?/m0/s1. The normalized spacial score (nSPS) is 33.6. The summed E-state index contributed by atoms with van der Waals surface area (Å²) in [7, 11) is 0. The zero-order valence-electron chi connectivity index (χ0n) is 15.8. The summed E-state index contributed by atoms with van der Waals surface area (Å²) in [6.07, 6.45) is 8.66. The minimum absolute atomic E-state index is 0.00743. The maximum Gasteiger partial charge on any atom is 0.241 e. The average Bonchev–Trinajstić information content (AvgIpc) is 3.40. The van der Waals surface area contributed by atoms with Crippen LogP contribution < -0.4 is 5.32 Å². The maximum absolute atomic E-state index is 5.44. The highest BCUT2D eigenvalue weighted by Gasteiger charge is 2.59. The molecule has 0 aliphatic heterocycles. The molecular formula is C19H23N7O2. The molecule has 3 aromatic heterocycles. The third-order valence-electron chi connectivity index (χ3n) is 6.79. The molecule has 4 aliphatic carbocycles. The Hall–Kier alpha value is -2.55. The molecule has 0 amide bonds. The molecule has 1 N–H and O–H groups in total. The number of nitrogens with one attached hydrogen (secondary N) is 1. The van der Waals surface area contributed by atoms with Gasteiger partial charge in [0.25, 0.3) is 0 Å². The zero-order chi connectivity index (χ0) is 18.8. The van der Waals surface area contributed by atoms with E-state index in [1.807, 2.05) is 23.9 Å².